The summed E-state index contributed by atoms with van der Waals surface area (Å²) in [7, 11) is 0. The first kappa shape index (κ1) is 15.0. The standard InChI is InChI=1S/C16H17N5O2/c1-4-13-9(2)17-16-18-10(3)20-21(16)14(13)19-12-7-5-11(6-8-12)15(22)23/h5-8,19H,4H2,1-3H3,(H,22,23). The lowest BCUT2D eigenvalue weighted by Crippen LogP contribution is -2.08. The van der Waals surface area contributed by atoms with Gasteiger partial charge in [0.25, 0.3) is 5.78 Å². The number of anilines is 2. The maximum absolute atomic E-state index is 10.9. The molecule has 7 nitrogen and oxygen atoms in total. The number of rotatable bonds is 4. The Hall–Kier alpha value is -2.96. The predicted octanol–water partition coefficient (Wildman–Crippen LogP) is 2.75. The minimum Gasteiger partial charge on any atom is -0.478 e. The van der Waals surface area contributed by atoms with Gasteiger partial charge in [-0.25, -0.2) is 9.78 Å². The lowest BCUT2D eigenvalue weighted by molar-refractivity contribution is 0.0697. The van der Waals surface area contributed by atoms with Gasteiger partial charge in [-0.3, -0.25) is 0 Å². The van der Waals surface area contributed by atoms with E-state index in [1.807, 2.05) is 13.8 Å². The van der Waals surface area contributed by atoms with Gasteiger partial charge in [-0.2, -0.15) is 9.50 Å². The third-order valence-electron chi connectivity index (χ3n) is 3.65. The molecule has 1 aromatic carbocycles. The second kappa shape index (κ2) is 5.68. The van der Waals surface area contributed by atoms with Crippen molar-refractivity contribution in [1.29, 1.82) is 0 Å². The van der Waals surface area contributed by atoms with Crippen LogP contribution in [0.1, 0.15) is 34.4 Å². The fraction of sp³-hybridized carbons (Fsp3) is 0.250. The molecule has 0 fully saturated rings. The Labute approximate surface area is 133 Å². The van der Waals surface area contributed by atoms with Crippen molar-refractivity contribution in [3.63, 3.8) is 0 Å². The van der Waals surface area contributed by atoms with Gasteiger partial charge in [-0.1, -0.05) is 6.92 Å². The number of carboxylic acids is 1. The summed E-state index contributed by atoms with van der Waals surface area (Å²) in [5.41, 5.74) is 2.98. The van der Waals surface area contributed by atoms with Crippen molar-refractivity contribution >= 4 is 23.3 Å². The second-order valence-corrected chi connectivity index (χ2v) is 5.26. The van der Waals surface area contributed by atoms with E-state index >= 15 is 0 Å². The molecule has 3 aromatic rings. The van der Waals surface area contributed by atoms with Crippen molar-refractivity contribution in [1.82, 2.24) is 19.6 Å². The fourth-order valence-corrected chi connectivity index (χ4v) is 2.53. The number of nitrogens with zero attached hydrogens (tertiary/aromatic N) is 4. The van der Waals surface area contributed by atoms with Gasteiger partial charge >= 0.3 is 5.97 Å². The van der Waals surface area contributed by atoms with E-state index in [2.05, 4.69) is 27.3 Å². The van der Waals surface area contributed by atoms with Crippen LogP contribution >= 0.6 is 0 Å². The Kier molecular flexibility index (Phi) is 3.69. The number of hydrogen-bond donors (Lipinski definition) is 2. The largest absolute Gasteiger partial charge is 0.478 e. The number of aromatic carboxylic acids is 1. The zero-order chi connectivity index (χ0) is 16.6. The molecular formula is C16H17N5O2. The number of hydrogen-bond acceptors (Lipinski definition) is 5. The van der Waals surface area contributed by atoms with E-state index in [1.165, 1.54) is 0 Å². The van der Waals surface area contributed by atoms with Gasteiger partial charge in [0.1, 0.15) is 11.6 Å². The van der Waals surface area contributed by atoms with Crippen LogP contribution in [0.2, 0.25) is 0 Å². The average molecular weight is 311 g/mol. The highest BCUT2D eigenvalue weighted by Gasteiger charge is 2.14. The van der Waals surface area contributed by atoms with Gasteiger partial charge in [0.05, 0.1) is 5.56 Å². The molecule has 118 valence electrons. The Morgan fingerprint density at radius 1 is 1.22 bits per heavy atom. The molecule has 0 atom stereocenters. The van der Waals surface area contributed by atoms with Gasteiger partial charge in [0, 0.05) is 16.9 Å². The third-order valence-corrected chi connectivity index (χ3v) is 3.65. The normalized spacial score (nSPS) is 10.9. The van der Waals surface area contributed by atoms with Crippen molar-refractivity contribution < 1.29 is 9.90 Å². The molecule has 0 amide bonds. The van der Waals surface area contributed by atoms with Crippen molar-refractivity contribution in [2.24, 2.45) is 0 Å². The smallest absolute Gasteiger partial charge is 0.335 e. The Bertz CT molecular complexity index is 884. The molecule has 2 aromatic heterocycles. The first-order valence-corrected chi connectivity index (χ1v) is 7.33. The Morgan fingerprint density at radius 3 is 2.52 bits per heavy atom. The summed E-state index contributed by atoms with van der Waals surface area (Å²) in [5.74, 6) is 1.05. The zero-order valence-corrected chi connectivity index (χ0v) is 13.2. The van der Waals surface area contributed by atoms with Crippen molar-refractivity contribution in [3.05, 3.63) is 46.9 Å². The lowest BCUT2D eigenvalue weighted by Gasteiger charge is -2.14. The highest BCUT2D eigenvalue weighted by Crippen LogP contribution is 2.24. The van der Waals surface area contributed by atoms with E-state index in [4.69, 9.17) is 5.11 Å². The molecule has 0 saturated heterocycles. The van der Waals surface area contributed by atoms with Crippen LogP contribution in [0.4, 0.5) is 11.5 Å². The summed E-state index contributed by atoms with van der Waals surface area (Å²) in [6.45, 7) is 5.82. The highest BCUT2D eigenvalue weighted by atomic mass is 16.4. The molecular weight excluding hydrogens is 294 g/mol. The number of carboxylic acid groups (broad SMARTS) is 1. The molecule has 0 unspecified atom stereocenters. The van der Waals surface area contributed by atoms with Gasteiger partial charge in [0.2, 0.25) is 0 Å². The van der Waals surface area contributed by atoms with Crippen molar-refractivity contribution in [2.75, 3.05) is 5.32 Å². The molecule has 7 heteroatoms. The Balaban J connectivity index is 2.09. The minimum absolute atomic E-state index is 0.249. The first-order chi connectivity index (χ1) is 11.0. The summed E-state index contributed by atoms with van der Waals surface area (Å²) in [6.07, 6.45) is 0.795. The van der Waals surface area contributed by atoms with Crippen LogP contribution in [0.3, 0.4) is 0 Å². The SMILES string of the molecule is CCc1c(C)nc2nc(C)nn2c1Nc1ccc(C(=O)O)cc1. The second-order valence-electron chi connectivity index (χ2n) is 5.26. The maximum Gasteiger partial charge on any atom is 0.335 e. The highest BCUT2D eigenvalue weighted by molar-refractivity contribution is 5.88. The van der Waals surface area contributed by atoms with Crippen LogP contribution in [0.5, 0.6) is 0 Å². The van der Waals surface area contributed by atoms with Crippen molar-refractivity contribution in [2.45, 2.75) is 27.2 Å². The quantitative estimate of drug-likeness (QED) is 0.769. The van der Waals surface area contributed by atoms with Crippen molar-refractivity contribution in [3.8, 4) is 0 Å². The maximum atomic E-state index is 10.9. The number of nitrogens with one attached hydrogen (secondary N) is 1. The van der Waals surface area contributed by atoms with E-state index < -0.39 is 5.97 Å². The molecule has 0 saturated carbocycles. The van der Waals surface area contributed by atoms with Gasteiger partial charge in [-0.05, 0) is 44.5 Å². The Morgan fingerprint density at radius 2 is 1.91 bits per heavy atom. The first-order valence-electron chi connectivity index (χ1n) is 7.33. The molecule has 23 heavy (non-hydrogen) atoms. The topological polar surface area (TPSA) is 92.4 Å². The number of fused-ring (bicyclic) bond motifs is 1. The summed E-state index contributed by atoms with van der Waals surface area (Å²) in [5, 5.41) is 16.7. The molecule has 0 spiro atoms. The van der Waals surface area contributed by atoms with Crippen LogP contribution in [0.25, 0.3) is 5.78 Å². The lowest BCUT2D eigenvalue weighted by atomic mass is 10.1. The van der Waals surface area contributed by atoms with E-state index in [0.717, 1.165) is 29.2 Å². The summed E-state index contributed by atoms with van der Waals surface area (Å²) < 4.78 is 1.69. The zero-order valence-electron chi connectivity index (χ0n) is 13.2. The van der Waals surface area contributed by atoms with Gasteiger partial charge in [-0.15, -0.1) is 5.10 Å². The summed E-state index contributed by atoms with van der Waals surface area (Å²) in [4.78, 5) is 19.7. The summed E-state index contributed by atoms with van der Waals surface area (Å²) >= 11 is 0. The van der Waals surface area contributed by atoms with Crippen LogP contribution in [-0.4, -0.2) is 30.7 Å². The predicted molar refractivity (Wildman–Crippen MR) is 86.3 cm³/mol. The van der Waals surface area contributed by atoms with Gasteiger partial charge < -0.3 is 10.4 Å². The molecule has 3 rings (SSSR count). The molecule has 0 aliphatic rings. The molecule has 2 heterocycles. The molecule has 2 N–H and O–H groups in total. The fourth-order valence-electron chi connectivity index (χ4n) is 2.53. The van der Waals surface area contributed by atoms with E-state index in [1.54, 1.807) is 28.8 Å². The monoisotopic (exact) mass is 311 g/mol. The van der Waals surface area contributed by atoms with E-state index in [9.17, 15) is 4.79 Å². The number of benzene rings is 1. The number of aromatic nitrogens is 4. The number of carbonyl (C=O) groups is 1. The molecule has 0 radical (unpaired) electrons. The molecule has 0 aliphatic carbocycles. The van der Waals surface area contributed by atoms with Crippen LogP contribution in [0.15, 0.2) is 24.3 Å². The van der Waals surface area contributed by atoms with E-state index in [0.29, 0.717) is 11.6 Å². The molecule has 0 bridgehead atoms. The van der Waals surface area contributed by atoms with Crippen LogP contribution in [0, 0.1) is 13.8 Å². The van der Waals surface area contributed by atoms with Gasteiger partial charge in [0.15, 0.2) is 0 Å². The molecule has 0 aliphatic heterocycles. The third kappa shape index (κ3) is 2.73. The van der Waals surface area contributed by atoms with E-state index in [-0.39, 0.29) is 5.56 Å². The summed E-state index contributed by atoms with van der Waals surface area (Å²) in [6, 6.07) is 6.59. The average Bonchev–Trinajstić information content (AvgIpc) is 2.88. The van der Waals surface area contributed by atoms with Crippen LogP contribution < -0.4 is 5.32 Å². The minimum atomic E-state index is -0.945. The number of aryl methyl sites for hydroxylation is 2. The van der Waals surface area contributed by atoms with Crippen LogP contribution in [-0.2, 0) is 6.42 Å².